The molecule has 22 heavy (non-hydrogen) atoms. The van der Waals surface area contributed by atoms with Gasteiger partial charge in [0.1, 0.15) is 0 Å². The Labute approximate surface area is 128 Å². The average Bonchev–Trinajstić information content (AvgIpc) is 2.55. The van der Waals surface area contributed by atoms with E-state index in [0.29, 0.717) is 5.52 Å². The first-order valence-electron chi connectivity index (χ1n) is 7.36. The number of rotatable bonds is 1. The van der Waals surface area contributed by atoms with E-state index in [1.165, 1.54) is 0 Å². The molecule has 1 aromatic heterocycles. The van der Waals surface area contributed by atoms with E-state index in [-0.39, 0.29) is 0 Å². The van der Waals surface area contributed by atoms with Crippen LogP contribution in [-0.4, -0.2) is 0 Å². The lowest BCUT2D eigenvalue weighted by atomic mass is 9.98. The van der Waals surface area contributed by atoms with Gasteiger partial charge in [-0.05, 0) is 35.9 Å². The topological polar surface area (TPSA) is 26.9 Å². The van der Waals surface area contributed by atoms with Crippen molar-refractivity contribution in [1.29, 1.82) is 0 Å². The highest BCUT2D eigenvalue weighted by molar-refractivity contribution is 5.96. The number of pyridine rings is 1. The Morgan fingerprint density at radius 1 is 0.773 bits per heavy atom. The fourth-order valence-electron chi connectivity index (χ4n) is 3.13. The number of hydrogen-bond donors (Lipinski definition) is 0. The van der Waals surface area contributed by atoms with Gasteiger partial charge in [0.25, 0.3) is 0 Å². The monoisotopic (exact) mass is 285 g/mol. The smallest absolute Gasteiger partial charge is 0.227 e. The molecule has 0 spiro atoms. The number of benzene rings is 3. The Morgan fingerprint density at radius 2 is 1.45 bits per heavy atom. The summed E-state index contributed by atoms with van der Waals surface area (Å²) in [6.45, 7) is 2.00. The highest BCUT2D eigenvalue weighted by Crippen LogP contribution is 2.30. The minimum absolute atomic E-state index is 0.705. The maximum Gasteiger partial charge on any atom is 0.227 e. The number of aromatic nitrogens is 1. The Balaban J connectivity index is 2.13. The molecule has 0 bridgehead atoms. The normalized spacial score (nSPS) is 11.1. The highest BCUT2D eigenvalue weighted by Gasteiger charge is 2.18. The second kappa shape index (κ2) is 4.85. The third-order valence-corrected chi connectivity index (χ3v) is 4.15. The van der Waals surface area contributed by atoms with Crippen molar-refractivity contribution < 1.29 is 4.73 Å². The molecule has 0 fully saturated rings. The van der Waals surface area contributed by atoms with E-state index in [0.717, 1.165) is 37.7 Å². The van der Waals surface area contributed by atoms with Crippen molar-refractivity contribution in [2.75, 3.05) is 0 Å². The Bertz CT molecular complexity index is 1000. The number of para-hydroxylation sites is 1. The highest BCUT2D eigenvalue weighted by atomic mass is 16.5. The molecule has 0 atom stereocenters. The molecule has 4 aromatic rings. The van der Waals surface area contributed by atoms with Gasteiger partial charge in [-0.25, -0.2) is 0 Å². The van der Waals surface area contributed by atoms with Crippen LogP contribution >= 0.6 is 0 Å². The van der Waals surface area contributed by atoms with Crippen molar-refractivity contribution in [3.05, 3.63) is 83.6 Å². The van der Waals surface area contributed by atoms with Gasteiger partial charge in [0.2, 0.25) is 11.2 Å². The standard InChI is InChI=1S/C20H15NO/c1-14-13-16-8-3-5-12-19(16)21(22)20(14)18-11-6-9-15-7-2-4-10-17(15)18/h2-13H,1H3. The minimum Gasteiger partial charge on any atom is -0.618 e. The number of fused-ring (bicyclic) bond motifs is 2. The van der Waals surface area contributed by atoms with Gasteiger partial charge >= 0.3 is 0 Å². The molecule has 0 aliphatic heterocycles. The zero-order chi connectivity index (χ0) is 15.1. The van der Waals surface area contributed by atoms with Crippen LogP contribution in [0, 0.1) is 12.1 Å². The van der Waals surface area contributed by atoms with Crippen LogP contribution in [0.1, 0.15) is 5.56 Å². The molecule has 0 aliphatic rings. The molecule has 3 aromatic carbocycles. The van der Waals surface area contributed by atoms with E-state index in [1.54, 1.807) is 0 Å². The van der Waals surface area contributed by atoms with E-state index < -0.39 is 0 Å². The van der Waals surface area contributed by atoms with E-state index in [2.05, 4.69) is 24.3 Å². The summed E-state index contributed by atoms with van der Waals surface area (Å²) in [5.74, 6) is 0. The SMILES string of the molecule is Cc1cc2ccccc2[n+]([O-])c1-c1cccc2ccccc12. The summed E-state index contributed by atoms with van der Waals surface area (Å²) in [7, 11) is 0. The summed E-state index contributed by atoms with van der Waals surface area (Å²) in [5.41, 5.74) is 3.41. The summed E-state index contributed by atoms with van der Waals surface area (Å²) in [6, 6.07) is 24.1. The van der Waals surface area contributed by atoms with Gasteiger partial charge in [-0.1, -0.05) is 48.5 Å². The molecular formula is C20H15NO. The van der Waals surface area contributed by atoms with E-state index in [4.69, 9.17) is 0 Å². The van der Waals surface area contributed by atoms with Gasteiger partial charge < -0.3 is 5.21 Å². The van der Waals surface area contributed by atoms with Crippen LogP contribution in [-0.2, 0) is 0 Å². The maximum absolute atomic E-state index is 12.9. The maximum atomic E-state index is 12.9. The van der Waals surface area contributed by atoms with Crippen molar-refractivity contribution in [2.45, 2.75) is 6.92 Å². The lowest BCUT2D eigenvalue weighted by molar-refractivity contribution is -0.565. The average molecular weight is 285 g/mol. The Kier molecular flexibility index (Phi) is 2.83. The molecule has 2 heteroatoms. The largest absolute Gasteiger partial charge is 0.618 e. The summed E-state index contributed by atoms with van der Waals surface area (Å²) in [4.78, 5) is 0. The zero-order valence-corrected chi connectivity index (χ0v) is 12.3. The van der Waals surface area contributed by atoms with Crippen LogP contribution in [0.5, 0.6) is 0 Å². The van der Waals surface area contributed by atoms with Crippen LogP contribution in [0.25, 0.3) is 32.9 Å². The first-order valence-corrected chi connectivity index (χ1v) is 7.36. The predicted molar refractivity (Wildman–Crippen MR) is 90.6 cm³/mol. The number of aryl methyl sites for hydroxylation is 1. The lowest BCUT2D eigenvalue weighted by Gasteiger charge is -2.12. The minimum atomic E-state index is 0.705. The lowest BCUT2D eigenvalue weighted by Crippen LogP contribution is -2.31. The Hall–Kier alpha value is -2.87. The van der Waals surface area contributed by atoms with Gasteiger partial charge in [-0.2, -0.15) is 4.73 Å². The molecule has 1 heterocycles. The first-order chi connectivity index (χ1) is 10.8. The van der Waals surface area contributed by atoms with Crippen molar-refractivity contribution in [2.24, 2.45) is 0 Å². The zero-order valence-electron chi connectivity index (χ0n) is 12.3. The van der Waals surface area contributed by atoms with Gasteiger partial charge in [0.05, 0.1) is 5.56 Å². The second-order valence-corrected chi connectivity index (χ2v) is 5.56. The van der Waals surface area contributed by atoms with E-state index in [9.17, 15) is 5.21 Å². The fourth-order valence-corrected chi connectivity index (χ4v) is 3.13. The molecule has 0 unspecified atom stereocenters. The van der Waals surface area contributed by atoms with E-state index in [1.807, 2.05) is 55.5 Å². The summed E-state index contributed by atoms with van der Waals surface area (Å²) >= 11 is 0. The molecule has 4 rings (SSSR count). The molecule has 0 saturated carbocycles. The molecule has 106 valence electrons. The molecule has 0 saturated heterocycles. The van der Waals surface area contributed by atoms with Crippen molar-refractivity contribution in [3.63, 3.8) is 0 Å². The summed E-state index contributed by atoms with van der Waals surface area (Å²) < 4.78 is 1.06. The van der Waals surface area contributed by atoms with Crippen LogP contribution < -0.4 is 4.73 Å². The molecule has 0 amide bonds. The molecule has 2 nitrogen and oxygen atoms in total. The summed E-state index contributed by atoms with van der Waals surface area (Å²) in [5, 5.41) is 16.1. The van der Waals surface area contributed by atoms with Crippen LogP contribution in [0.15, 0.2) is 72.8 Å². The quantitative estimate of drug-likeness (QED) is 0.371. The van der Waals surface area contributed by atoms with Gasteiger partial charge in [0, 0.05) is 17.0 Å². The number of nitrogens with zero attached hydrogens (tertiary/aromatic N) is 1. The second-order valence-electron chi connectivity index (χ2n) is 5.56. The van der Waals surface area contributed by atoms with Crippen molar-refractivity contribution >= 4 is 21.7 Å². The van der Waals surface area contributed by atoms with E-state index >= 15 is 0 Å². The predicted octanol–water partition coefficient (Wildman–Crippen LogP) is 4.60. The number of hydrogen-bond acceptors (Lipinski definition) is 1. The molecule has 0 aliphatic carbocycles. The third-order valence-electron chi connectivity index (χ3n) is 4.15. The van der Waals surface area contributed by atoms with Gasteiger partial charge in [-0.15, -0.1) is 0 Å². The van der Waals surface area contributed by atoms with Crippen molar-refractivity contribution in [3.8, 4) is 11.3 Å². The van der Waals surface area contributed by atoms with Crippen molar-refractivity contribution in [1.82, 2.24) is 0 Å². The van der Waals surface area contributed by atoms with Crippen LogP contribution in [0.4, 0.5) is 0 Å². The molecule has 0 N–H and O–H groups in total. The van der Waals surface area contributed by atoms with Crippen LogP contribution in [0.3, 0.4) is 0 Å². The molecular weight excluding hydrogens is 270 g/mol. The van der Waals surface area contributed by atoms with Gasteiger partial charge in [0.15, 0.2) is 0 Å². The van der Waals surface area contributed by atoms with Gasteiger partial charge in [-0.3, -0.25) is 0 Å². The molecule has 0 radical (unpaired) electrons. The van der Waals surface area contributed by atoms with Crippen LogP contribution in [0.2, 0.25) is 0 Å². The third kappa shape index (κ3) is 1.85. The Morgan fingerprint density at radius 3 is 2.32 bits per heavy atom. The summed E-state index contributed by atoms with van der Waals surface area (Å²) in [6.07, 6.45) is 0. The fraction of sp³-hybridized carbons (Fsp3) is 0.0500. The first kappa shape index (κ1) is 12.8.